The lowest BCUT2D eigenvalue weighted by atomic mass is 9.92. The van der Waals surface area contributed by atoms with E-state index in [0.29, 0.717) is 0 Å². The first-order chi connectivity index (χ1) is 14.7. The third-order valence-corrected chi connectivity index (χ3v) is 8.78. The van der Waals surface area contributed by atoms with Crippen molar-refractivity contribution >= 4 is 45.0 Å². The molecular weight excluding hydrogens is 463 g/mol. The van der Waals surface area contributed by atoms with Crippen molar-refractivity contribution < 1.29 is 18.0 Å². The number of benzene rings is 1. The van der Waals surface area contributed by atoms with Crippen LogP contribution in [-0.4, -0.2) is 60.8 Å². The maximum absolute atomic E-state index is 13.4. The van der Waals surface area contributed by atoms with Crippen LogP contribution in [0.25, 0.3) is 0 Å². The first kappa shape index (κ1) is 22.8. The molecule has 11 heteroatoms. The highest BCUT2D eigenvalue weighted by Crippen LogP contribution is 2.35. The monoisotopic (exact) mass is 488 g/mol. The molecule has 1 aromatic carbocycles. The Labute approximate surface area is 192 Å². The fraction of sp³-hybridized carbons (Fsp3) is 0.600. The molecule has 1 heterocycles. The Morgan fingerprint density at radius 3 is 2.29 bits per heavy atom. The molecule has 3 fully saturated rings. The molecule has 3 aliphatic rings. The molecule has 0 aromatic heterocycles. The molecule has 3 N–H and O–H groups in total. The average Bonchev–Trinajstić information content (AvgIpc) is 3.48. The normalized spacial score (nSPS) is 27.3. The van der Waals surface area contributed by atoms with Gasteiger partial charge in [-0.1, -0.05) is 23.2 Å². The number of nitrogens with one attached hydrogen (secondary N) is 1. The van der Waals surface area contributed by atoms with Crippen LogP contribution in [0.3, 0.4) is 0 Å². The van der Waals surface area contributed by atoms with Crippen LogP contribution in [0.5, 0.6) is 0 Å². The van der Waals surface area contributed by atoms with Gasteiger partial charge in [0, 0.05) is 31.1 Å². The van der Waals surface area contributed by atoms with Crippen LogP contribution in [0.1, 0.15) is 38.5 Å². The maximum Gasteiger partial charge on any atom is 0.259 e. The number of carbonyl (C=O) groups is 2. The Morgan fingerprint density at radius 2 is 1.68 bits per heavy atom. The summed E-state index contributed by atoms with van der Waals surface area (Å²) in [4.78, 5) is 27.4. The van der Waals surface area contributed by atoms with Crippen molar-refractivity contribution in [1.29, 1.82) is 0 Å². The lowest BCUT2D eigenvalue weighted by Crippen LogP contribution is -2.56. The van der Waals surface area contributed by atoms with E-state index >= 15 is 0 Å². The van der Waals surface area contributed by atoms with Gasteiger partial charge < -0.3 is 16.0 Å². The Bertz CT molecular complexity index is 977. The highest BCUT2D eigenvalue weighted by molar-refractivity contribution is 7.89. The summed E-state index contributed by atoms with van der Waals surface area (Å²) in [6, 6.07) is 4.06. The highest BCUT2D eigenvalue weighted by Gasteiger charge is 2.49. The van der Waals surface area contributed by atoms with Crippen molar-refractivity contribution in [3.63, 3.8) is 0 Å². The zero-order valence-electron chi connectivity index (χ0n) is 17.0. The van der Waals surface area contributed by atoms with Crippen molar-refractivity contribution in [1.82, 2.24) is 14.5 Å². The minimum Gasteiger partial charge on any atom is -0.350 e. The van der Waals surface area contributed by atoms with E-state index in [9.17, 15) is 18.0 Å². The molecule has 8 nitrogen and oxygen atoms in total. The second-order valence-corrected chi connectivity index (χ2v) is 11.2. The summed E-state index contributed by atoms with van der Waals surface area (Å²) in [6.07, 6.45) is 3.37. The molecule has 0 bridgehead atoms. The predicted molar refractivity (Wildman–Crippen MR) is 117 cm³/mol. The van der Waals surface area contributed by atoms with E-state index in [0.717, 1.165) is 42.8 Å². The Hall–Kier alpha value is -1.39. The molecule has 4 rings (SSSR count). The molecular formula is C20H26Cl2N4O4S. The molecule has 1 saturated heterocycles. The van der Waals surface area contributed by atoms with E-state index in [1.807, 2.05) is 0 Å². The van der Waals surface area contributed by atoms with Crippen molar-refractivity contribution in [2.45, 2.75) is 61.7 Å². The highest BCUT2D eigenvalue weighted by atomic mass is 35.5. The van der Waals surface area contributed by atoms with E-state index in [-0.39, 0.29) is 51.9 Å². The molecule has 170 valence electrons. The minimum atomic E-state index is -4.08. The van der Waals surface area contributed by atoms with Gasteiger partial charge >= 0.3 is 0 Å². The molecule has 2 saturated carbocycles. The molecule has 1 atom stereocenters. The summed E-state index contributed by atoms with van der Waals surface area (Å²) >= 11 is 12.0. The van der Waals surface area contributed by atoms with Crippen molar-refractivity contribution in [2.75, 3.05) is 13.1 Å². The number of carbonyl (C=O) groups excluding carboxylic acids is 2. The summed E-state index contributed by atoms with van der Waals surface area (Å²) in [5.41, 5.74) is 5.94. The largest absolute Gasteiger partial charge is 0.350 e. The van der Waals surface area contributed by atoms with Crippen molar-refractivity contribution in [3.8, 4) is 0 Å². The zero-order valence-corrected chi connectivity index (χ0v) is 19.3. The predicted octanol–water partition coefficient (Wildman–Crippen LogP) is 1.95. The summed E-state index contributed by atoms with van der Waals surface area (Å²) in [7, 11) is -4.08. The third kappa shape index (κ3) is 4.71. The van der Waals surface area contributed by atoms with Gasteiger partial charge in [0.1, 0.15) is 0 Å². The molecule has 1 aliphatic heterocycles. The van der Waals surface area contributed by atoms with E-state index in [2.05, 4.69) is 5.32 Å². The summed E-state index contributed by atoms with van der Waals surface area (Å²) in [5, 5.41) is 3.30. The van der Waals surface area contributed by atoms with Gasteiger partial charge in [0.15, 0.2) is 6.17 Å². The van der Waals surface area contributed by atoms with E-state index in [1.54, 1.807) is 0 Å². The molecule has 2 aliphatic carbocycles. The van der Waals surface area contributed by atoms with Crippen LogP contribution in [0.4, 0.5) is 0 Å². The van der Waals surface area contributed by atoms with Crippen LogP contribution in [0.15, 0.2) is 23.1 Å². The smallest absolute Gasteiger partial charge is 0.259 e. The Kier molecular flexibility index (Phi) is 6.52. The van der Waals surface area contributed by atoms with E-state index < -0.39 is 22.1 Å². The van der Waals surface area contributed by atoms with Gasteiger partial charge in [0.25, 0.3) is 5.91 Å². The lowest BCUT2D eigenvalue weighted by Gasteiger charge is -2.32. The van der Waals surface area contributed by atoms with E-state index in [4.69, 9.17) is 28.9 Å². The second-order valence-electron chi connectivity index (χ2n) is 8.49. The van der Waals surface area contributed by atoms with Gasteiger partial charge in [-0.3, -0.25) is 9.59 Å². The molecule has 31 heavy (non-hydrogen) atoms. The molecule has 2 amide bonds. The van der Waals surface area contributed by atoms with Gasteiger partial charge in [-0.25, -0.2) is 8.42 Å². The molecule has 1 aromatic rings. The number of nitrogens with two attached hydrogens (primary N) is 1. The summed E-state index contributed by atoms with van der Waals surface area (Å²) in [5.74, 6) is -0.774. The quantitative estimate of drug-likeness (QED) is 0.657. The average molecular weight is 489 g/mol. The van der Waals surface area contributed by atoms with Gasteiger partial charge in [0.2, 0.25) is 15.9 Å². The zero-order chi connectivity index (χ0) is 22.3. The van der Waals surface area contributed by atoms with Gasteiger partial charge in [-0.05, 0) is 56.7 Å². The Morgan fingerprint density at radius 1 is 1.00 bits per heavy atom. The SMILES string of the molecule is NC1CCC(NC(=O)C2N(C(=O)C3CC3)CCN2S(=O)(=O)c2ccc(Cl)c(Cl)c2)CC1. The first-order valence-corrected chi connectivity index (χ1v) is 12.7. The van der Waals surface area contributed by atoms with E-state index in [1.165, 1.54) is 23.1 Å². The molecule has 0 spiro atoms. The summed E-state index contributed by atoms with van der Waals surface area (Å²) < 4.78 is 27.9. The molecule has 0 radical (unpaired) electrons. The lowest BCUT2D eigenvalue weighted by molar-refractivity contribution is -0.142. The topological polar surface area (TPSA) is 113 Å². The van der Waals surface area contributed by atoms with Crippen molar-refractivity contribution in [2.24, 2.45) is 11.7 Å². The number of nitrogens with zero attached hydrogens (tertiary/aromatic N) is 2. The van der Waals surface area contributed by atoms with Gasteiger partial charge in [-0.15, -0.1) is 0 Å². The van der Waals surface area contributed by atoms with Crippen LogP contribution in [-0.2, 0) is 19.6 Å². The Balaban J connectivity index is 1.61. The van der Waals surface area contributed by atoms with Crippen LogP contribution in [0, 0.1) is 5.92 Å². The standard InChI is InChI=1S/C20H26Cl2N4O4S/c21-16-8-7-15(11-17(16)22)31(29,30)26-10-9-25(20(28)12-1-2-12)19(26)18(27)24-14-5-3-13(23)4-6-14/h7-8,11-14,19H,1-6,9-10,23H2,(H,24,27). The minimum absolute atomic E-state index is 0.0364. The second kappa shape index (κ2) is 8.86. The third-order valence-electron chi connectivity index (χ3n) is 6.19. The fourth-order valence-corrected chi connectivity index (χ4v) is 6.17. The first-order valence-electron chi connectivity index (χ1n) is 10.5. The fourth-order valence-electron chi connectivity index (χ4n) is 4.24. The number of amides is 2. The number of rotatable bonds is 5. The van der Waals surface area contributed by atoms with Gasteiger partial charge in [-0.2, -0.15) is 4.31 Å². The van der Waals surface area contributed by atoms with Crippen molar-refractivity contribution in [3.05, 3.63) is 28.2 Å². The number of hydrogen-bond acceptors (Lipinski definition) is 5. The number of sulfonamides is 1. The van der Waals surface area contributed by atoms with Gasteiger partial charge in [0.05, 0.1) is 14.9 Å². The summed E-state index contributed by atoms with van der Waals surface area (Å²) in [6.45, 7) is 0.207. The van der Waals surface area contributed by atoms with Crippen LogP contribution in [0.2, 0.25) is 10.0 Å². The van der Waals surface area contributed by atoms with Crippen LogP contribution < -0.4 is 11.1 Å². The number of halogens is 2. The van der Waals surface area contributed by atoms with Crippen LogP contribution >= 0.6 is 23.2 Å². The number of hydrogen-bond donors (Lipinski definition) is 2. The molecule has 1 unspecified atom stereocenters. The maximum atomic E-state index is 13.4.